The summed E-state index contributed by atoms with van der Waals surface area (Å²) in [5.41, 5.74) is 5.39. The smallest absolute Gasteiger partial charge is 0.462 e. The second-order valence-electron chi connectivity index (χ2n) is 20.5. The van der Waals surface area contributed by atoms with Crippen LogP contribution in [0.25, 0.3) is 0 Å². The summed E-state index contributed by atoms with van der Waals surface area (Å²) in [6, 6.07) is 0. The van der Waals surface area contributed by atoms with Gasteiger partial charge in [0.1, 0.15) is 6.61 Å². The number of phosphoric acid groups is 1. The van der Waals surface area contributed by atoms with Crippen LogP contribution in [0.2, 0.25) is 0 Å². The van der Waals surface area contributed by atoms with Crippen LogP contribution in [0.5, 0.6) is 0 Å². The van der Waals surface area contributed by atoms with Crippen molar-refractivity contribution in [3.05, 3.63) is 207 Å². The van der Waals surface area contributed by atoms with Crippen molar-refractivity contribution in [2.45, 2.75) is 225 Å². The molecule has 10 heteroatoms. The summed E-state index contributed by atoms with van der Waals surface area (Å²) in [7, 11) is -4.42. The summed E-state index contributed by atoms with van der Waals surface area (Å²) in [5.74, 6) is -0.885. The molecule has 0 aromatic heterocycles. The van der Waals surface area contributed by atoms with Crippen LogP contribution in [-0.2, 0) is 32.7 Å². The standard InChI is InChI=1S/C75H116NO8P/c1-3-5-7-9-11-13-15-17-19-21-23-25-27-29-31-32-33-34-35-36-37-38-39-40-42-44-46-48-50-52-54-56-58-60-62-64-66-68-75(78)84-73(72-83-85(79,80)82-70-69-76)71-81-74(77)67-65-63-61-59-57-55-53-51-49-47-45-43-41-30-28-26-24-22-20-18-16-14-12-10-8-6-4-2/h5-8,11-14,17-20,23-26,29-31,33-34,36-37,39-41,44-47,50-53,73H,3-4,9-10,15-16,21-22,27-28,32,35,38,42-43,48-49,54-72,76H2,1-2H3,(H,79,80)/b7-5-,8-6-,13-11-,14-12-,19-17-,20-18-,25-23-,26-24-,31-29-,34-33-,37-36-,40-39-,41-30-,46-44-,47-45-,52-50-,53-51-. The van der Waals surface area contributed by atoms with E-state index in [1.807, 2.05) is 0 Å². The van der Waals surface area contributed by atoms with E-state index in [2.05, 4.69) is 220 Å². The lowest BCUT2D eigenvalue weighted by atomic mass is 10.1. The Balaban J connectivity index is 4.10. The minimum Gasteiger partial charge on any atom is -0.462 e. The summed E-state index contributed by atoms with van der Waals surface area (Å²) in [6.45, 7) is 3.44. The zero-order valence-electron chi connectivity index (χ0n) is 53.0. The molecule has 3 N–H and O–H groups in total. The minimum atomic E-state index is -4.42. The molecule has 0 amide bonds. The largest absolute Gasteiger partial charge is 0.472 e. The molecule has 0 aromatic rings. The topological polar surface area (TPSA) is 134 Å². The van der Waals surface area contributed by atoms with Crippen molar-refractivity contribution in [3.63, 3.8) is 0 Å². The zero-order chi connectivity index (χ0) is 61.6. The van der Waals surface area contributed by atoms with Gasteiger partial charge in [-0.3, -0.25) is 18.6 Å². The lowest BCUT2D eigenvalue weighted by Gasteiger charge is -2.19. The van der Waals surface area contributed by atoms with Crippen molar-refractivity contribution in [1.82, 2.24) is 0 Å². The summed E-state index contributed by atoms with van der Waals surface area (Å²) < 4.78 is 33.1. The van der Waals surface area contributed by atoms with Crippen LogP contribution >= 0.6 is 7.82 Å². The third-order valence-electron chi connectivity index (χ3n) is 12.7. The highest BCUT2D eigenvalue weighted by Crippen LogP contribution is 2.43. The van der Waals surface area contributed by atoms with Gasteiger partial charge in [-0.25, -0.2) is 4.57 Å². The van der Waals surface area contributed by atoms with E-state index in [9.17, 15) is 19.0 Å². The number of rotatable bonds is 58. The van der Waals surface area contributed by atoms with E-state index < -0.39 is 32.5 Å². The highest BCUT2D eigenvalue weighted by Gasteiger charge is 2.26. The van der Waals surface area contributed by atoms with E-state index >= 15 is 0 Å². The molecule has 0 heterocycles. The molecule has 0 aliphatic carbocycles. The van der Waals surface area contributed by atoms with Crippen molar-refractivity contribution in [2.24, 2.45) is 5.73 Å². The van der Waals surface area contributed by atoms with Gasteiger partial charge in [-0.2, -0.15) is 0 Å². The normalized spacial score (nSPS) is 14.4. The van der Waals surface area contributed by atoms with Gasteiger partial charge in [0.2, 0.25) is 0 Å². The summed E-state index contributed by atoms with van der Waals surface area (Å²) in [4.78, 5) is 35.3. The number of carbonyl (C=O) groups excluding carboxylic acids is 2. The molecule has 0 aromatic carbocycles. The van der Waals surface area contributed by atoms with E-state index in [1.54, 1.807) is 0 Å². The summed E-state index contributed by atoms with van der Waals surface area (Å²) in [5, 5.41) is 0. The molecule has 0 fully saturated rings. The SMILES string of the molecule is CC/C=C\C/C=C\C/C=C\C/C=C\C/C=C\C/C=C\C/C=C\C/C=C\C/C=C\C/C=C\CCCCCCCCC(=O)OC(COC(=O)CCCCCCC/C=C\C/C=C\C/C=C\C/C=C\C/C=C\C/C=C\C/C=C\CC)COP(=O)(O)OCCN. The maximum Gasteiger partial charge on any atom is 0.472 e. The van der Waals surface area contributed by atoms with Crippen LogP contribution in [0, 0.1) is 0 Å². The predicted molar refractivity (Wildman–Crippen MR) is 366 cm³/mol. The molecule has 0 saturated heterocycles. The van der Waals surface area contributed by atoms with Crippen molar-refractivity contribution in [1.29, 1.82) is 0 Å². The second kappa shape index (κ2) is 67.7. The van der Waals surface area contributed by atoms with Crippen molar-refractivity contribution in [3.8, 4) is 0 Å². The first-order valence-corrected chi connectivity index (χ1v) is 34.1. The lowest BCUT2D eigenvalue weighted by molar-refractivity contribution is -0.161. The maximum atomic E-state index is 12.7. The average molecular weight is 1190 g/mol. The van der Waals surface area contributed by atoms with Gasteiger partial charge in [0, 0.05) is 19.4 Å². The molecule has 0 radical (unpaired) electrons. The number of unbranched alkanes of at least 4 members (excludes halogenated alkanes) is 11. The number of hydrogen-bond donors (Lipinski definition) is 2. The van der Waals surface area contributed by atoms with Crippen LogP contribution in [-0.4, -0.2) is 49.3 Å². The molecule has 9 nitrogen and oxygen atoms in total. The van der Waals surface area contributed by atoms with Crippen LogP contribution in [0.3, 0.4) is 0 Å². The fourth-order valence-electron chi connectivity index (χ4n) is 7.94. The number of allylic oxidation sites excluding steroid dienone is 34. The number of hydrogen-bond acceptors (Lipinski definition) is 8. The molecule has 0 bridgehead atoms. The van der Waals surface area contributed by atoms with Crippen molar-refractivity contribution < 1.29 is 37.6 Å². The molecule has 0 aliphatic heterocycles. The Morgan fingerprint density at radius 3 is 0.906 bits per heavy atom. The highest BCUT2D eigenvalue weighted by atomic mass is 31.2. The quantitative estimate of drug-likeness (QED) is 0.0264. The first-order valence-electron chi connectivity index (χ1n) is 32.6. The van der Waals surface area contributed by atoms with Crippen LogP contribution in [0.15, 0.2) is 207 Å². The van der Waals surface area contributed by atoms with Gasteiger partial charge in [-0.15, -0.1) is 0 Å². The molecule has 0 aliphatic rings. The Morgan fingerprint density at radius 2 is 0.612 bits per heavy atom. The van der Waals surface area contributed by atoms with Gasteiger partial charge in [0.15, 0.2) is 6.10 Å². The fraction of sp³-hybridized carbons (Fsp3) is 0.520. The predicted octanol–water partition coefficient (Wildman–Crippen LogP) is 21.5. The van der Waals surface area contributed by atoms with E-state index in [1.165, 1.54) is 0 Å². The van der Waals surface area contributed by atoms with E-state index in [0.717, 1.165) is 180 Å². The van der Waals surface area contributed by atoms with Gasteiger partial charge >= 0.3 is 19.8 Å². The van der Waals surface area contributed by atoms with E-state index in [4.69, 9.17) is 24.3 Å². The number of phosphoric ester groups is 1. The molecule has 85 heavy (non-hydrogen) atoms. The Morgan fingerprint density at radius 1 is 0.353 bits per heavy atom. The highest BCUT2D eigenvalue weighted by molar-refractivity contribution is 7.47. The van der Waals surface area contributed by atoms with Crippen molar-refractivity contribution >= 4 is 19.8 Å². The Bertz CT molecular complexity index is 2140. The third-order valence-corrected chi connectivity index (χ3v) is 13.6. The van der Waals surface area contributed by atoms with Crippen LogP contribution in [0.4, 0.5) is 0 Å². The Hall–Kier alpha value is -5.41. The van der Waals surface area contributed by atoms with Gasteiger partial charge < -0.3 is 20.1 Å². The molecule has 0 saturated carbocycles. The van der Waals surface area contributed by atoms with E-state index in [-0.39, 0.29) is 32.6 Å². The molecular weight excluding hydrogens is 1070 g/mol. The number of esters is 2. The average Bonchev–Trinajstić information content (AvgIpc) is 3.52. The first-order chi connectivity index (χ1) is 41.8. The zero-order valence-corrected chi connectivity index (χ0v) is 53.9. The maximum absolute atomic E-state index is 12.7. The number of nitrogens with two attached hydrogens (primary N) is 1. The second-order valence-corrected chi connectivity index (χ2v) is 22.0. The molecule has 0 spiro atoms. The van der Waals surface area contributed by atoms with Crippen LogP contribution in [0.1, 0.15) is 219 Å². The Labute approximate surface area is 518 Å². The third kappa shape index (κ3) is 67.6. The molecule has 2 atom stereocenters. The summed E-state index contributed by atoms with van der Waals surface area (Å²) >= 11 is 0. The van der Waals surface area contributed by atoms with Gasteiger partial charge in [0.25, 0.3) is 0 Å². The van der Waals surface area contributed by atoms with Gasteiger partial charge in [-0.1, -0.05) is 265 Å². The van der Waals surface area contributed by atoms with Gasteiger partial charge in [0.05, 0.1) is 13.2 Å². The monoisotopic (exact) mass is 1190 g/mol. The number of ether oxygens (including phenoxy) is 2. The molecule has 0 rings (SSSR count). The fourth-order valence-corrected chi connectivity index (χ4v) is 8.70. The van der Waals surface area contributed by atoms with Gasteiger partial charge in [-0.05, 0) is 148 Å². The molecule has 2 unspecified atom stereocenters. The number of carbonyl (C=O) groups is 2. The molecular formula is C75H116NO8P. The first kappa shape index (κ1) is 79.6. The van der Waals surface area contributed by atoms with Crippen LogP contribution < -0.4 is 5.73 Å². The summed E-state index contributed by atoms with van der Waals surface area (Å²) in [6.07, 6.45) is 105. The lowest BCUT2D eigenvalue weighted by Crippen LogP contribution is -2.29. The van der Waals surface area contributed by atoms with E-state index in [0.29, 0.717) is 12.8 Å². The van der Waals surface area contributed by atoms with Crippen molar-refractivity contribution in [2.75, 3.05) is 26.4 Å². The minimum absolute atomic E-state index is 0.0356. The molecule has 474 valence electrons. The Kier molecular flexibility index (Phi) is 63.4.